The zero-order valence-corrected chi connectivity index (χ0v) is 12.7. The highest BCUT2D eigenvalue weighted by Gasteiger charge is 2.27. The van der Waals surface area contributed by atoms with Gasteiger partial charge in [-0.15, -0.1) is 10.2 Å². The van der Waals surface area contributed by atoms with Gasteiger partial charge in [0.2, 0.25) is 18.2 Å². The molecule has 0 aliphatic rings. The van der Waals surface area contributed by atoms with Crippen LogP contribution in [0.15, 0.2) is 29.0 Å². The van der Waals surface area contributed by atoms with Gasteiger partial charge in [0.1, 0.15) is 0 Å². The van der Waals surface area contributed by atoms with Crippen molar-refractivity contribution >= 4 is 11.6 Å². The fourth-order valence-corrected chi connectivity index (χ4v) is 1.84. The molecule has 1 aromatic carbocycles. The minimum atomic E-state index is -0.576. The van der Waals surface area contributed by atoms with Crippen molar-refractivity contribution in [1.29, 1.82) is 0 Å². The van der Waals surface area contributed by atoms with Crippen molar-refractivity contribution in [2.24, 2.45) is 11.1 Å². The van der Waals surface area contributed by atoms with Crippen molar-refractivity contribution in [1.82, 2.24) is 10.2 Å². The van der Waals surface area contributed by atoms with Gasteiger partial charge in [-0.3, -0.25) is 4.79 Å². The number of aryl methyl sites for hydroxylation is 1. The maximum absolute atomic E-state index is 12.1. The van der Waals surface area contributed by atoms with E-state index >= 15 is 0 Å². The molecule has 0 spiro atoms. The summed E-state index contributed by atoms with van der Waals surface area (Å²) >= 11 is 0. The minimum Gasteiger partial charge on any atom is -0.423 e. The molecule has 112 valence electrons. The van der Waals surface area contributed by atoms with Gasteiger partial charge in [0.05, 0.1) is 6.04 Å². The van der Waals surface area contributed by atoms with Crippen molar-refractivity contribution < 1.29 is 9.21 Å². The standard InChI is InChI=1S/C15H20N4O2/c1-9-7-10(14-19-17-8-21-14)5-6-11(9)18-13(20)12(16)15(2,3)4/h5-8,12H,16H2,1-4H3,(H,18,20)/t12-/m0/s1. The second-order valence-corrected chi connectivity index (χ2v) is 6.11. The number of nitrogens with two attached hydrogens (primary N) is 1. The molecule has 0 unspecified atom stereocenters. The van der Waals surface area contributed by atoms with Gasteiger partial charge in [-0.1, -0.05) is 20.8 Å². The zero-order valence-electron chi connectivity index (χ0n) is 12.7. The van der Waals surface area contributed by atoms with Crippen LogP contribution < -0.4 is 11.1 Å². The van der Waals surface area contributed by atoms with Crippen LogP contribution in [0.2, 0.25) is 0 Å². The summed E-state index contributed by atoms with van der Waals surface area (Å²) in [5, 5.41) is 10.4. The Hall–Kier alpha value is -2.21. The summed E-state index contributed by atoms with van der Waals surface area (Å²) in [5.41, 5.74) is 8.10. The van der Waals surface area contributed by atoms with Crippen molar-refractivity contribution in [2.75, 3.05) is 5.32 Å². The maximum Gasteiger partial charge on any atom is 0.247 e. The number of amides is 1. The largest absolute Gasteiger partial charge is 0.423 e. The monoisotopic (exact) mass is 288 g/mol. The molecule has 0 aliphatic carbocycles. The summed E-state index contributed by atoms with van der Waals surface area (Å²) in [6.45, 7) is 7.70. The number of anilines is 1. The van der Waals surface area contributed by atoms with Crippen molar-refractivity contribution in [3.05, 3.63) is 30.2 Å². The molecule has 2 aromatic rings. The molecule has 0 saturated heterocycles. The summed E-state index contributed by atoms with van der Waals surface area (Å²) in [7, 11) is 0. The molecule has 0 fully saturated rings. The van der Waals surface area contributed by atoms with Crippen LogP contribution in [0, 0.1) is 12.3 Å². The number of nitrogens with zero attached hydrogens (tertiary/aromatic N) is 2. The lowest BCUT2D eigenvalue weighted by atomic mass is 9.87. The summed E-state index contributed by atoms with van der Waals surface area (Å²) in [4.78, 5) is 12.1. The molecule has 3 N–H and O–H groups in total. The van der Waals surface area contributed by atoms with Crippen LogP contribution in [0.5, 0.6) is 0 Å². The fourth-order valence-electron chi connectivity index (χ4n) is 1.84. The molecule has 21 heavy (non-hydrogen) atoms. The van der Waals surface area contributed by atoms with E-state index in [4.69, 9.17) is 10.2 Å². The predicted octanol–water partition coefficient (Wildman–Crippen LogP) is 2.36. The highest BCUT2D eigenvalue weighted by molar-refractivity contribution is 5.96. The van der Waals surface area contributed by atoms with Crippen LogP contribution in [0.1, 0.15) is 26.3 Å². The molecular formula is C15H20N4O2. The second kappa shape index (κ2) is 5.65. The van der Waals surface area contributed by atoms with E-state index in [1.165, 1.54) is 6.39 Å². The number of carbonyl (C=O) groups excluding carboxylic acids is 1. The number of carbonyl (C=O) groups is 1. The highest BCUT2D eigenvalue weighted by atomic mass is 16.4. The second-order valence-electron chi connectivity index (χ2n) is 6.11. The number of hydrogen-bond acceptors (Lipinski definition) is 5. The molecule has 2 rings (SSSR count). The van der Waals surface area contributed by atoms with E-state index in [-0.39, 0.29) is 11.3 Å². The lowest BCUT2D eigenvalue weighted by Crippen LogP contribution is -2.45. The number of rotatable bonds is 3. The Balaban J connectivity index is 2.17. The molecule has 0 bridgehead atoms. The first-order valence-electron chi connectivity index (χ1n) is 6.72. The lowest BCUT2D eigenvalue weighted by molar-refractivity contribution is -0.119. The third-order valence-corrected chi connectivity index (χ3v) is 3.31. The molecule has 0 radical (unpaired) electrons. The molecule has 0 aliphatic heterocycles. The van der Waals surface area contributed by atoms with Crippen molar-refractivity contribution in [3.63, 3.8) is 0 Å². The zero-order chi connectivity index (χ0) is 15.6. The highest BCUT2D eigenvalue weighted by Crippen LogP contribution is 2.24. The first-order valence-corrected chi connectivity index (χ1v) is 6.72. The SMILES string of the molecule is Cc1cc(-c2nnco2)ccc1NC(=O)[C@H](N)C(C)(C)C. The smallest absolute Gasteiger partial charge is 0.247 e. The van der Waals surface area contributed by atoms with E-state index in [1.54, 1.807) is 0 Å². The third kappa shape index (κ3) is 3.46. The topological polar surface area (TPSA) is 94.0 Å². The molecule has 0 saturated carbocycles. The Morgan fingerprint density at radius 3 is 2.62 bits per heavy atom. The Labute approximate surface area is 123 Å². The molecule has 1 atom stereocenters. The summed E-state index contributed by atoms with van der Waals surface area (Å²) in [6, 6.07) is 4.93. The van der Waals surface area contributed by atoms with E-state index < -0.39 is 6.04 Å². The average molecular weight is 288 g/mol. The van der Waals surface area contributed by atoms with E-state index in [1.807, 2.05) is 45.9 Å². The van der Waals surface area contributed by atoms with Gasteiger partial charge >= 0.3 is 0 Å². The third-order valence-electron chi connectivity index (χ3n) is 3.31. The Morgan fingerprint density at radius 1 is 1.38 bits per heavy atom. The molecule has 1 aromatic heterocycles. The van der Waals surface area contributed by atoms with Crippen LogP contribution in [0.25, 0.3) is 11.5 Å². The Kier molecular flexibility index (Phi) is 4.09. The number of benzene rings is 1. The Morgan fingerprint density at radius 2 is 2.10 bits per heavy atom. The van der Waals surface area contributed by atoms with Crippen LogP contribution in [0.3, 0.4) is 0 Å². The number of hydrogen-bond donors (Lipinski definition) is 2. The van der Waals surface area contributed by atoms with Gasteiger partial charge in [0, 0.05) is 11.3 Å². The number of aromatic nitrogens is 2. The molecule has 6 heteroatoms. The molecule has 1 heterocycles. The predicted molar refractivity (Wildman–Crippen MR) is 80.5 cm³/mol. The molecule has 1 amide bonds. The summed E-state index contributed by atoms with van der Waals surface area (Å²) in [6.07, 6.45) is 1.28. The van der Waals surface area contributed by atoms with Crippen molar-refractivity contribution in [3.8, 4) is 11.5 Å². The van der Waals surface area contributed by atoms with Gasteiger partial charge in [-0.05, 0) is 36.1 Å². The summed E-state index contributed by atoms with van der Waals surface area (Å²) in [5.74, 6) is 0.249. The van der Waals surface area contributed by atoms with Gasteiger partial charge < -0.3 is 15.5 Å². The minimum absolute atomic E-state index is 0.198. The normalized spacial score (nSPS) is 13.0. The fraction of sp³-hybridized carbons (Fsp3) is 0.400. The van der Waals surface area contributed by atoms with E-state index in [2.05, 4.69) is 15.5 Å². The van der Waals surface area contributed by atoms with E-state index in [0.717, 1.165) is 16.8 Å². The number of nitrogens with one attached hydrogen (secondary N) is 1. The van der Waals surface area contributed by atoms with Gasteiger partial charge in [0.15, 0.2) is 0 Å². The van der Waals surface area contributed by atoms with Gasteiger partial charge in [0.25, 0.3) is 0 Å². The molecular weight excluding hydrogens is 268 g/mol. The van der Waals surface area contributed by atoms with E-state index in [9.17, 15) is 4.79 Å². The first-order chi connectivity index (χ1) is 9.79. The van der Waals surface area contributed by atoms with Crippen LogP contribution in [-0.4, -0.2) is 22.1 Å². The molecule has 6 nitrogen and oxygen atoms in total. The lowest BCUT2D eigenvalue weighted by Gasteiger charge is -2.26. The van der Waals surface area contributed by atoms with Crippen LogP contribution in [0.4, 0.5) is 5.69 Å². The average Bonchev–Trinajstić information content (AvgIpc) is 2.93. The quantitative estimate of drug-likeness (QED) is 0.904. The van der Waals surface area contributed by atoms with Gasteiger partial charge in [-0.25, -0.2) is 0 Å². The van der Waals surface area contributed by atoms with E-state index in [0.29, 0.717) is 5.89 Å². The van der Waals surface area contributed by atoms with Crippen LogP contribution in [-0.2, 0) is 4.79 Å². The van der Waals surface area contributed by atoms with Crippen LogP contribution >= 0.6 is 0 Å². The Bertz CT molecular complexity index is 630. The maximum atomic E-state index is 12.1. The van der Waals surface area contributed by atoms with Crippen molar-refractivity contribution in [2.45, 2.75) is 33.7 Å². The van der Waals surface area contributed by atoms with Gasteiger partial charge in [-0.2, -0.15) is 0 Å². The summed E-state index contributed by atoms with van der Waals surface area (Å²) < 4.78 is 5.15. The first kappa shape index (κ1) is 15.2.